The Balaban J connectivity index is 1.53. The second kappa shape index (κ2) is 8.17. The Morgan fingerprint density at radius 3 is 2.34 bits per heavy atom. The van der Waals surface area contributed by atoms with Gasteiger partial charge in [-0.05, 0) is 91.3 Å². The van der Waals surface area contributed by atoms with Crippen molar-refractivity contribution in [3.05, 3.63) is 0 Å². The second-order valence-electron chi connectivity index (χ2n) is 12.6. The highest BCUT2D eigenvalue weighted by molar-refractivity contribution is 6.33. The lowest BCUT2D eigenvalue weighted by molar-refractivity contribution is -0.103. The first-order valence-corrected chi connectivity index (χ1v) is 13.8. The Kier molecular flexibility index (Phi) is 6.41. The van der Waals surface area contributed by atoms with E-state index >= 15 is 0 Å². The molecule has 0 aromatic heterocycles. The van der Waals surface area contributed by atoms with Crippen LogP contribution >= 0.6 is 23.2 Å². The molecule has 0 saturated heterocycles. The van der Waals surface area contributed by atoms with Crippen molar-refractivity contribution in [1.29, 1.82) is 0 Å². The smallest absolute Gasteiger partial charge is 0.0666 e. The van der Waals surface area contributed by atoms with Gasteiger partial charge in [0.1, 0.15) is 0 Å². The van der Waals surface area contributed by atoms with Crippen molar-refractivity contribution >= 4 is 23.2 Å². The topological polar surface area (TPSA) is 0 Å². The molecule has 4 aliphatic carbocycles. The summed E-state index contributed by atoms with van der Waals surface area (Å²) >= 11 is 14.5. The molecule has 9 atom stereocenters. The number of rotatable bonds is 5. The minimum atomic E-state index is -0.149. The van der Waals surface area contributed by atoms with E-state index in [0.29, 0.717) is 5.41 Å². The summed E-state index contributed by atoms with van der Waals surface area (Å²) in [7, 11) is 0. The maximum Gasteiger partial charge on any atom is 0.0666 e. The quantitative estimate of drug-likeness (QED) is 0.373. The molecule has 4 saturated carbocycles. The van der Waals surface area contributed by atoms with Gasteiger partial charge < -0.3 is 0 Å². The third-order valence-electron chi connectivity index (χ3n) is 10.9. The van der Waals surface area contributed by atoms with Crippen molar-refractivity contribution in [2.45, 2.75) is 122 Å². The largest absolute Gasteiger partial charge is 0.121 e. The van der Waals surface area contributed by atoms with E-state index in [1.54, 1.807) is 0 Å². The minimum Gasteiger partial charge on any atom is -0.121 e. The molecule has 168 valence electrons. The summed E-state index contributed by atoms with van der Waals surface area (Å²) in [5.74, 6) is 5.17. The van der Waals surface area contributed by atoms with E-state index in [1.807, 2.05) is 0 Å². The lowest BCUT2D eigenvalue weighted by Gasteiger charge is -2.65. The fourth-order valence-electron chi connectivity index (χ4n) is 9.23. The van der Waals surface area contributed by atoms with Gasteiger partial charge >= 0.3 is 0 Å². The molecular weight excluding hydrogens is 395 g/mol. The Morgan fingerprint density at radius 2 is 1.62 bits per heavy atom. The Hall–Kier alpha value is 0.580. The molecule has 4 fully saturated rings. The summed E-state index contributed by atoms with van der Waals surface area (Å²) in [6.07, 6.45) is 16.2. The lowest BCUT2D eigenvalue weighted by Crippen LogP contribution is -2.63. The molecule has 0 N–H and O–H groups in total. The van der Waals surface area contributed by atoms with Crippen molar-refractivity contribution in [3.63, 3.8) is 0 Å². The summed E-state index contributed by atoms with van der Waals surface area (Å²) in [5, 5.41) is 0.167. The van der Waals surface area contributed by atoms with E-state index in [0.717, 1.165) is 41.9 Å². The molecule has 29 heavy (non-hydrogen) atoms. The summed E-state index contributed by atoms with van der Waals surface area (Å²) in [4.78, 5) is -0.149. The maximum atomic E-state index is 7.40. The van der Waals surface area contributed by atoms with Gasteiger partial charge in [-0.1, -0.05) is 66.7 Å². The van der Waals surface area contributed by atoms with Crippen molar-refractivity contribution in [1.82, 2.24) is 0 Å². The van der Waals surface area contributed by atoms with Crippen LogP contribution in [0, 0.1) is 46.3 Å². The van der Waals surface area contributed by atoms with Crippen molar-refractivity contribution in [3.8, 4) is 0 Å². The Labute approximate surface area is 191 Å². The SMILES string of the molecule is CC(C)CCC[C@@H](C)[C@@H]1CC[C@@H]2[C@@H]3C[C@H](Cl)[C@@]4(Cl)CCCC[C@]4(C)[C@@H]3CC[C@]21C. The van der Waals surface area contributed by atoms with Crippen LogP contribution in [0.2, 0.25) is 0 Å². The van der Waals surface area contributed by atoms with E-state index in [2.05, 4.69) is 34.6 Å². The van der Waals surface area contributed by atoms with Gasteiger partial charge in [0.25, 0.3) is 0 Å². The number of fused-ring (bicyclic) bond motifs is 5. The first-order valence-electron chi connectivity index (χ1n) is 13.0. The standard InChI is InChI=1S/C27H46Cl2/c1-18(2)9-8-10-19(3)21-11-12-22-20-17-24(28)27(29)15-7-6-14-26(27,5)23(20)13-16-25(21,22)4/h18-24H,6-17H2,1-5H3/t19-,20+,21+,22-,23-,24+,25+,26-,27+/m1/s1. The predicted octanol–water partition coefficient (Wildman–Crippen LogP) is 9.08. The molecule has 2 heteroatoms. The molecule has 0 aliphatic heterocycles. The van der Waals surface area contributed by atoms with Gasteiger partial charge in [-0.15, -0.1) is 23.2 Å². The summed E-state index contributed by atoms with van der Waals surface area (Å²) in [6.45, 7) is 12.5. The normalized spacial score (nSPS) is 50.7. The molecule has 0 bridgehead atoms. The number of alkyl halides is 2. The van der Waals surface area contributed by atoms with Gasteiger partial charge in [0.05, 0.1) is 10.3 Å². The highest BCUT2D eigenvalue weighted by Crippen LogP contribution is 2.71. The molecule has 0 radical (unpaired) electrons. The average molecular weight is 442 g/mol. The fourth-order valence-corrected chi connectivity index (χ4v) is 10.3. The molecule has 4 rings (SSSR count). The molecule has 4 aliphatic rings. The zero-order chi connectivity index (χ0) is 21.0. The van der Waals surface area contributed by atoms with Crippen molar-refractivity contribution in [2.75, 3.05) is 0 Å². The molecule has 0 nitrogen and oxygen atoms in total. The Bertz CT molecular complexity index is 587. The van der Waals surface area contributed by atoms with Crippen LogP contribution in [0.15, 0.2) is 0 Å². The summed E-state index contributed by atoms with van der Waals surface area (Å²) in [5.41, 5.74) is 0.802. The van der Waals surface area contributed by atoms with Gasteiger partial charge in [0.15, 0.2) is 0 Å². The second-order valence-corrected chi connectivity index (χ2v) is 13.8. The average Bonchev–Trinajstić information content (AvgIpc) is 3.01. The maximum absolute atomic E-state index is 7.40. The molecule has 0 amide bonds. The van der Waals surface area contributed by atoms with Gasteiger partial charge in [-0.2, -0.15) is 0 Å². The summed E-state index contributed by atoms with van der Waals surface area (Å²) in [6, 6.07) is 0. The number of halogens is 2. The van der Waals surface area contributed by atoms with Crippen molar-refractivity contribution < 1.29 is 0 Å². The lowest BCUT2D eigenvalue weighted by atomic mass is 9.44. The first kappa shape index (κ1) is 22.8. The number of hydrogen-bond acceptors (Lipinski definition) is 0. The molecule has 0 heterocycles. The molecule has 0 aromatic rings. The highest BCUT2D eigenvalue weighted by Gasteiger charge is 2.66. The monoisotopic (exact) mass is 440 g/mol. The van der Waals surface area contributed by atoms with Gasteiger partial charge in [-0.25, -0.2) is 0 Å². The molecule has 0 unspecified atom stereocenters. The fraction of sp³-hybridized carbons (Fsp3) is 1.00. The van der Waals surface area contributed by atoms with E-state index < -0.39 is 0 Å². The molecular formula is C27H46Cl2. The van der Waals surface area contributed by atoms with E-state index in [-0.39, 0.29) is 15.7 Å². The van der Waals surface area contributed by atoms with Crippen LogP contribution in [-0.2, 0) is 0 Å². The number of hydrogen-bond donors (Lipinski definition) is 0. The van der Waals surface area contributed by atoms with Crippen LogP contribution < -0.4 is 0 Å². The zero-order valence-electron chi connectivity index (χ0n) is 19.8. The van der Waals surface area contributed by atoms with Crippen LogP contribution in [0.4, 0.5) is 0 Å². The van der Waals surface area contributed by atoms with Crippen LogP contribution in [0.25, 0.3) is 0 Å². The highest BCUT2D eigenvalue weighted by atomic mass is 35.5. The summed E-state index contributed by atoms with van der Waals surface area (Å²) < 4.78 is 0. The Morgan fingerprint density at radius 1 is 0.897 bits per heavy atom. The third-order valence-corrected chi connectivity index (χ3v) is 12.4. The minimum absolute atomic E-state index is 0.149. The molecule has 0 aromatic carbocycles. The van der Waals surface area contributed by atoms with Crippen LogP contribution in [0.5, 0.6) is 0 Å². The van der Waals surface area contributed by atoms with E-state index in [9.17, 15) is 0 Å². The van der Waals surface area contributed by atoms with Gasteiger partial charge in [-0.3, -0.25) is 0 Å². The van der Waals surface area contributed by atoms with E-state index in [4.69, 9.17) is 23.2 Å². The predicted molar refractivity (Wildman–Crippen MR) is 128 cm³/mol. The van der Waals surface area contributed by atoms with E-state index in [1.165, 1.54) is 70.6 Å². The van der Waals surface area contributed by atoms with Crippen LogP contribution in [0.3, 0.4) is 0 Å². The van der Waals surface area contributed by atoms with Crippen molar-refractivity contribution in [2.24, 2.45) is 46.3 Å². The van der Waals surface area contributed by atoms with Crippen LogP contribution in [-0.4, -0.2) is 10.3 Å². The van der Waals surface area contributed by atoms with Gasteiger partial charge in [0, 0.05) is 0 Å². The third kappa shape index (κ3) is 3.53. The molecule has 0 spiro atoms. The first-order chi connectivity index (χ1) is 13.6. The van der Waals surface area contributed by atoms with Crippen LogP contribution in [0.1, 0.15) is 112 Å². The van der Waals surface area contributed by atoms with Gasteiger partial charge in [0.2, 0.25) is 0 Å². The zero-order valence-corrected chi connectivity index (χ0v) is 21.3.